The zero-order valence-electron chi connectivity index (χ0n) is 14.7. The average Bonchev–Trinajstić information content (AvgIpc) is 2.61. The van der Waals surface area contributed by atoms with Gasteiger partial charge in [0, 0.05) is 5.39 Å². The first-order valence-electron chi connectivity index (χ1n) is 7.93. The van der Waals surface area contributed by atoms with E-state index in [4.69, 9.17) is 9.47 Å². The lowest BCUT2D eigenvalue weighted by molar-refractivity contribution is 0.102. The number of fused-ring (bicyclic) bond motifs is 1. The summed E-state index contributed by atoms with van der Waals surface area (Å²) in [6.07, 6.45) is 0. The monoisotopic (exact) mass is 336 g/mol. The molecule has 0 aliphatic heterocycles. The van der Waals surface area contributed by atoms with Gasteiger partial charge in [-0.3, -0.25) is 9.78 Å². The van der Waals surface area contributed by atoms with Crippen LogP contribution in [0.3, 0.4) is 0 Å². The molecule has 2 aromatic carbocycles. The van der Waals surface area contributed by atoms with E-state index in [0.717, 1.165) is 22.2 Å². The maximum atomic E-state index is 12.8. The van der Waals surface area contributed by atoms with Crippen LogP contribution in [0.15, 0.2) is 42.5 Å². The van der Waals surface area contributed by atoms with Crippen molar-refractivity contribution < 1.29 is 14.3 Å². The molecular weight excluding hydrogens is 316 g/mol. The summed E-state index contributed by atoms with van der Waals surface area (Å²) in [7, 11) is 3.19. The summed E-state index contributed by atoms with van der Waals surface area (Å²) < 4.78 is 10.6. The van der Waals surface area contributed by atoms with Crippen LogP contribution in [-0.2, 0) is 0 Å². The number of aromatic nitrogens is 1. The number of nitrogens with zero attached hydrogens (tertiary/aromatic N) is 1. The highest BCUT2D eigenvalue weighted by Gasteiger charge is 2.14. The minimum Gasteiger partial charge on any atom is -0.497 e. The quantitative estimate of drug-likeness (QED) is 0.778. The Morgan fingerprint density at radius 3 is 2.52 bits per heavy atom. The van der Waals surface area contributed by atoms with Crippen LogP contribution in [0.2, 0.25) is 0 Å². The highest BCUT2D eigenvalue weighted by atomic mass is 16.5. The summed E-state index contributed by atoms with van der Waals surface area (Å²) in [5, 5.41) is 3.77. The highest BCUT2D eigenvalue weighted by Crippen LogP contribution is 2.27. The first-order valence-corrected chi connectivity index (χ1v) is 7.93. The van der Waals surface area contributed by atoms with Gasteiger partial charge in [0.05, 0.1) is 36.7 Å². The van der Waals surface area contributed by atoms with Crippen molar-refractivity contribution in [3.63, 3.8) is 0 Å². The molecule has 0 saturated carbocycles. The molecule has 0 fully saturated rings. The third-order valence-electron chi connectivity index (χ3n) is 4.06. The van der Waals surface area contributed by atoms with Crippen LogP contribution < -0.4 is 14.8 Å². The predicted molar refractivity (Wildman–Crippen MR) is 98.7 cm³/mol. The molecule has 1 aromatic heterocycles. The lowest BCUT2D eigenvalue weighted by Gasteiger charge is -2.13. The van der Waals surface area contributed by atoms with Gasteiger partial charge in [0.15, 0.2) is 0 Å². The lowest BCUT2D eigenvalue weighted by atomic mass is 10.1. The van der Waals surface area contributed by atoms with Crippen molar-refractivity contribution in [1.82, 2.24) is 4.98 Å². The van der Waals surface area contributed by atoms with E-state index < -0.39 is 0 Å². The summed E-state index contributed by atoms with van der Waals surface area (Å²) in [6, 6.07) is 13.1. The number of hydrogen-bond acceptors (Lipinski definition) is 4. The highest BCUT2D eigenvalue weighted by molar-refractivity contribution is 6.07. The Morgan fingerprint density at radius 2 is 1.80 bits per heavy atom. The van der Waals surface area contributed by atoms with Crippen LogP contribution in [0.5, 0.6) is 11.5 Å². The van der Waals surface area contributed by atoms with Gasteiger partial charge < -0.3 is 14.8 Å². The fourth-order valence-electron chi connectivity index (χ4n) is 2.72. The molecule has 5 nitrogen and oxygen atoms in total. The summed E-state index contributed by atoms with van der Waals surface area (Å²) in [5.41, 5.74) is 3.68. The minimum absolute atomic E-state index is 0.224. The number of methoxy groups -OCH3 is 2. The van der Waals surface area contributed by atoms with E-state index in [0.29, 0.717) is 22.7 Å². The first kappa shape index (κ1) is 16.8. The number of ether oxygens (including phenoxy) is 2. The second-order valence-electron chi connectivity index (χ2n) is 5.84. The molecule has 1 amide bonds. The third-order valence-corrected chi connectivity index (χ3v) is 4.06. The van der Waals surface area contributed by atoms with Gasteiger partial charge in [0.1, 0.15) is 11.5 Å². The van der Waals surface area contributed by atoms with Gasteiger partial charge >= 0.3 is 0 Å². The lowest BCUT2D eigenvalue weighted by Crippen LogP contribution is -2.15. The standard InChI is InChI=1S/C20H20N2O3/c1-12-5-8-19(25-4)18(9-12)22-20(23)16-11-14-10-15(24-3)6-7-17(14)21-13(16)2/h5-11H,1-4H3,(H,22,23). The Balaban J connectivity index is 1.99. The number of carbonyl (C=O) groups excluding carboxylic acids is 1. The summed E-state index contributed by atoms with van der Waals surface area (Å²) in [6.45, 7) is 3.79. The number of nitrogens with one attached hydrogen (secondary N) is 1. The molecule has 1 N–H and O–H groups in total. The molecule has 25 heavy (non-hydrogen) atoms. The fourth-order valence-corrected chi connectivity index (χ4v) is 2.72. The van der Waals surface area contributed by atoms with Gasteiger partial charge in [0.25, 0.3) is 5.91 Å². The number of anilines is 1. The molecule has 0 spiro atoms. The molecule has 0 saturated heterocycles. The van der Waals surface area contributed by atoms with E-state index in [2.05, 4.69) is 10.3 Å². The molecule has 0 radical (unpaired) electrons. The number of hydrogen-bond donors (Lipinski definition) is 1. The Hall–Kier alpha value is -3.08. The van der Waals surface area contributed by atoms with E-state index in [1.54, 1.807) is 14.2 Å². The summed E-state index contributed by atoms with van der Waals surface area (Å²) in [4.78, 5) is 17.3. The van der Waals surface area contributed by atoms with Gasteiger partial charge in [-0.2, -0.15) is 0 Å². The number of rotatable bonds is 4. The molecule has 1 heterocycles. The van der Waals surface area contributed by atoms with E-state index in [9.17, 15) is 4.79 Å². The Labute approximate surface area is 146 Å². The smallest absolute Gasteiger partial charge is 0.257 e. The molecule has 0 unspecified atom stereocenters. The van der Waals surface area contributed by atoms with Gasteiger partial charge in [0.2, 0.25) is 0 Å². The van der Waals surface area contributed by atoms with E-state index in [1.807, 2.05) is 56.3 Å². The van der Waals surface area contributed by atoms with E-state index in [-0.39, 0.29) is 5.91 Å². The van der Waals surface area contributed by atoms with Gasteiger partial charge in [-0.05, 0) is 55.8 Å². The van der Waals surface area contributed by atoms with Gasteiger partial charge in [-0.1, -0.05) is 6.07 Å². The summed E-state index contributed by atoms with van der Waals surface area (Å²) in [5.74, 6) is 1.12. The molecule has 5 heteroatoms. The number of amides is 1. The van der Waals surface area contributed by atoms with Crippen LogP contribution in [-0.4, -0.2) is 25.1 Å². The fraction of sp³-hybridized carbons (Fsp3) is 0.200. The zero-order valence-corrected chi connectivity index (χ0v) is 14.7. The zero-order chi connectivity index (χ0) is 18.0. The molecule has 3 aromatic rings. The van der Waals surface area contributed by atoms with Crippen molar-refractivity contribution in [1.29, 1.82) is 0 Å². The topological polar surface area (TPSA) is 60.5 Å². The van der Waals surface area contributed by atoms with E-state index >= 15 is 0 Å². The second kappa shape index (κ2) is 6.81. The maximum absolute atomic E-state index is 12.8. The number of carbonyl (C=O) groups is 1. The van der Waals surface area contributed by atoms with E-state index in [1.165, 1.54) is 0 Å². The number of aryl methyl sites for hydroxylation is 2. The van der Waals surface area contributed by atoms with Crippen LogP contribution in [0.25, 0.3) is 10.9 Å². The second-order valence-corrected chi connectivity index (χ2v) is 5.84. The average molecular weight is 336 g/mol. The number of benzene rings is 2. The third kappa shape index (κ3) is 3.40. The Morgan fingerprint density at radius 1 is 1.00 bits per heavy atom. The summed E-state index contributed by atoms with van der Waals surface area (Å²) >= 11 is 0. The Bertz CT molecular complexity index is 951. The predicted octanol–water partition coefficient (Wildman–Crippen LogP) is 4.12. The molecule has 0 atom stereocenters. The number of pyridine rings is 1. The van der Waals surface area contributed by atoms with Gasteiger partial charge in [-0.15, -0.1) is 0 Å². The van der Waals surface area contributed by atoms with Crippen LogP contribution >= 0.6 is 0 Å². The van der Waals surface area contributed by atoms with Crippen molar-refractivity contribution in [3.05, 3.63) is 59.3 Å². The van der Waals surface area contributed by atoms with Crippen LogP contribution in [0, 0.1) is 13.8 Å². The normalized spacial score (nSPS) is 10.6. The molecule has 0 aliphatic carbocycles. The van der Waals surface area contributed by atoms with Crippen molar-refractivity contribution in [2.24, 2.45) is 0 Å². The SMILES string of the molecule is COc1ccc2nc(C)c(C(=O)Nc3cc(C)ccc3OC)cc2c1. The largest absolute Gasteiger partial charge is 0.497 e. The van der Waals surface area contributed by atoms with Crippen molar-refractivity contribution in [3.8, 4) is 11.5 Å². The van der Waals surface area contributed by atoms with Crippen molar-refractivity contribution in [2.75, 3.05) is 19.5 Å². The first-order chi connectivity index (χ1) is 12.0. The Kier molecular flexibility index (Phi) is 4.57. The molecule has 3 rings (SSSR count). The maximum Gasteiger partial charge on any atom is 0.257 e. The molecule has 0 bridgehead atoms. The minimum atomic E-state index is -0.224. The molecular formula is C20H20N2O3. The van der Waals surface area contributed by atoms with Crippen LogP contribution in [0.4, 0.5) is 5.69 Å². The van der Waals surface area contributed by atoms with Gasteiger partial charge in [-0.25, -0.2) is 0 Å². The van der Waals surface area contributed by atoms with Crippen LogP contribution in [0.1, 0.15) is 21.6 Å². The van der Waals surface area contributed by atoms with Crippen molar-refractivity contribution >= 4 is 22.5 Å². The molecule has 0 aliphatic rings. The molecule has 128 valence electrons. The van der Waals surface area contributed by atoms with Crippen molar-refractivity contribution in [2.45, 2.75) is 13.8 Å².